The Morgan fingerprint density at radius 2 is 2.14 bits per heavy atom. The molecule has 5 nitrogen and oxygen atoms in total. The molecule has 5 heteroatoms. The lowest BCUT2D eigenvalue weighted by Crippen LogP contribution is -2.50. The number of benzene rings is 1. The fraction of sp³-hybridized carbons (Fsp3) is 0.471. The molecular weight excluding hydrogens is 284 g/mol. The molecular formula is C17H20O5. The number of esters is 1. The summed E-state index contributed by atoms with van der Waals surface area (Å²) in [6.07, 6.45) is 2.92. The molecule has 1 aromatic rings. The van der Waals surface area contributed by atoms with E-state index in [0.29, 0.717) is 13.0 Å². The molecule has 0 spiro atoms. The van der Waals surface area contributed by atoms with Crippen LogP contribution in [-0.2, 0) is 23.7 Å². The first-order valence-corrected chi connectivity index (χ1v) is 7.61. The van der Waals surface area contributed by atoms with Gasteiger partial charge in [0.25, 0.3) is 0 Å². The first-order chi connectivity index (χ1) is 10.8. The minimum atomic E-state index is -0.468. The number of ether oxygens (including phenoxy) is 4. The van der Waals surface area contributed by atoms with Crippen molar-refractivity contribution in [3.63, 3.8) is 0 Å². The van der Waals surface area contributed by atoms with Crippen LogP contribution < -0.4 is 0 Å². The van der Waals surface area contributed by atoms with E-state index in [2.05, 4.69) is 0 Å². The third kappa shape index (κ3) is 3.31. The maximum atomic E-state index is 11.8. The lowest BCUT2D eigenvalue weighted by molar-refractivity contribution is -0.278. The van der Waals surface area contributed by atoms with Crippen molar-refractivity contribution in [1.82, 2.24) is 0 Å². The van der Waals surface area contributed by atoms with Crippen LogP contribution in [0.5, 0.6) is 0 Å². The molecule has 118 valence electrons. The normalized spacial score (nSPS) is 30.2. The van der Waals surface area contributed by atoms with Crippen LogP contribution in [0, 0.1) is 0 Å². The molecule has 0 radical (unpaired) electrons. The number of carbonyl (C=O) groups excluding carboxylic acids is 1. The monoisotopic (exact) mass is 304 g/mol. The van der Waals surface area contributed by atoms with Crippen molar-refractivity contribution in [2.45, 2.75) is 44.4 Å². The molecule has 1 saturated heterocycles. The van der Waals surface area contributed by atoms with Gasteiger partial charge in [-0.1, -0.05) is 37.3 Å². The molecule has 0 aliphatic carbocycles. The molecule has 22 heavy (non-hydrogen) atoms. The fourth-order valence-corrected chi connectivity index (χ4v) is 2.59. The Morgan fingerprint density at radius 3 is 2.91 bits per heavy atom. The van der Waals surface area contributed by atoms with Crippen molar-refractivity contribution in [3.8, 4) is 0 Å². The molecule has 0 amide bonds. The highest BCUT2D eigenvalue weighted by Crippen LogP contribution is 2.32. The summed E-state index contributed by atoms with van der Waals surface area (Å²) in [5.41, 5.74) is 0.939. The number of carbonyl (C=O) groups is 1. The molecule has 1 unspecified atom stereocenters. The Bertz CT molecular complexity index is 527. The molecule has 0 aromatic heterocycles. The highest BCUT2D eigenvalue weighted by molar-refractivity contribution is 5.69. The van der Waals surface area contributed by atoms with Gasteiger partial charge in [0.2, 0.25) is 0 Å². The van der Waals surface area contributed by atoms with E-state index in [4.69, 9.17) is 18.9 Å². The first-order valence-electron chi connectivity index (χ1n) is 7.61. The predicted molar refractivity (Wildman–Crippen MR) is 78.8 cm³/mol. The van der Waals surface area contributed by atoms with Crippen molar-refractivity contribution >= 4 is 5.97 Å². The quantitative estimate of drug-likeness (QED) is 0.801. The van der Waals surface area contributed by atoms with Gasteiger partial charge in [0.15, 0.2) is 18.5 Å². The summed E-state index contributed by atoms with van der Waals surface area (Å²) in [4.78, 5) is 11.8. The lowest BCUT2D eigenvalue weighted by Gasteiger charge is -2.40. The van der Waals surface area contributed by atoms with Gasteiger partial charge in [0.05, 0.1) is 12.9 Å². The number of hydrogen-bond acceptors (Lipinski definition) is 5. The molecule has 2 aliphatic heterocycles. The molecule has 1 fully saturated rings. The zero-order valence-corrected chi connectivity index (χ0v) is 12.5. The van der Waals surface area contributed by atoms with Crippen molar-refractivity contribution < 1.29 is 23.7 Å². The minimum Gasteiger partial charge on any atom is -0.493 e. The van der Waals surface area contributed by atoms with Crippen LogP contribution in [0.25, 0.3) is 0 Å². The van der Waals surface area contributed by atoms with E-state index in [1.54, 1.807) is 12.3 Å². The Kier molecular flexibility index (Phi) is 4.75. The van der Waals surface area contributed by atoms with Crippen LogP contribution in [-0.4, -0.2) is 30.9 Å². The Morgan fingerprint density at radius 1 is 1.32 bits per heavy atom. The van der Waals surface area contributed by atoms with Gasteiger partial charge in [-0.15, -0.1) is 0 Å². The summed E-state index contributed by atoms with van der Waals surface area (Å²) in [5.74, 6) is -0.218. The van der Waals surface area contributed by atoms with Gasteiger partial charge in [0, 0.05) is 12.0 Å². The minimum absolute atomic E-state index is 0.218. The van der Waals surface area contributed by atoms with E-state index < -0.39 is 12.4 Å². The molecule has 0 bridgehead atoms. The number of hydrogen-bond donors (Lipinski definition) is 0. The number of rotatable bonds is 4. The van der Waals surface area contributed by atoms with Gasteiger partial charge < -0.3 is 18.9 Å². The Hall–Kier alpha value is -1.85. The van der Waals surface area contributed by atoms with Crippen LogP contribution in [0.2, 0.25) is 0 Å². The van der Waals surface area contributed by atoms with Gasteiger partial charge in [-0.25, -0.2) is 0 Å². The first kappa shape index (κ1) is 15.1. The highest BCUT2D eigenvalue weighted by Gasteiger charge is 2.41. The van der Waals surface area contributed by atoms with Crippen LogP contribution in [0.4, 0.5) is 0 Å². The summed E-state index contributed by atoms with van der Waals surface area (Å²) in [5, 5.41) is 0. The van der Waals surface area contributed by atoms with E-state index in [-0.39, 0.29) is 18.2 Å². The van der Waals surface area contributed by atoms with E-state index in [0.717, 1.165) is 12.0 Å². The molecule has 4 atom stereocenters. The van der Waals surface area contributed by atoms with E-state index in [9.17, 15) is 4.79 Å². The summed E-state index contributed by atoms with van der Waals surface area (Å²) in [6.45, 7) is 2.34. The number of fused-ring (bicyclic) bond motifs is 1. The van der Waals surface area contributed by atoms with Crippen LogP contribution in [0.1, 0.15) is 31.6 Å². The van der Waals surface area contributed by atoms with E-state index in [1.165, 1.54) is 0 Å². The van der Waals surface area contributed by atoms with E-state index in [1.807, 2.05) is 37.3 Å². The summed E-state index contributed by atoms with van der Waals surface area (Å²) >= 11 is 0. The molecule has 2 aliphatic rings. The Labute approximate surface area is 129 Å². The summed E-state index contributed by atoms with van der Waals surface area (Å²) < 4.78 is 22.7. The average molecular weight is 304 g/mol. The second kappa shape index (κ2) is 6.94. The largest absolute Gasteiger partial charge is 0.493 e. The topological polar surface area (TPSA) is 54.0 Å². The molecule has 0 N–H and O–H groups in total. The SMILES string of the molecule is CCCC(=O)O[C@H]1C=CO[C@@H]2COC(c3ccccc3)O[C@@H]12. The summed E-state index contributed by atoms with van der Waals surface area (Å²) in [6, 6.07) is 9.70. The third-order valence-corrected chi connectivity index (χ3v) is 3.70. The molecule has 1 aromatic carbocycles. The van der Waals surface area contributed by atoms with Crippen LogP contribution in [0.3, 0.4) is 0 Å². The van der Waals surface area contributed by atoms with Crippen LogP contribution in [0.15, 0.2) is 42.7 Å². The third-order valence-electron chi connectivity index (χ3n) is 3.70. The zero-order valence-electron chi connectivity index (χ0n) is 12.5. The van der Waals surface area contributed by atoms with E-state index >= 15 is 0 Å². The zero-order chi connectivity index (χ0) is 15.4. The molecule has 2 heterocycles. The van der Waals surface area contributed by atoms with Crippen molar-refractivity contribution in [1.29, 1.82) is 0 Å². The second-order valence-corrected chi connectivity index (χ2v) is 5.38. The summed E-state index contributed by atoms with van der Waals surface area (Å²) in [7, 11) is 0. The highest BCUT2D eigenvalue weighted by atomic mass is 16.7. The van der Waals surface area contributed by atoms with Gasteiger partial charge in [-0.2, -0.15) is 0 Å². The lowest BCUT2D eigenvalue weighted by atomic mass is 10.0. The van der Waals surface area contributed by atoms with Crippen molar-refractivity contribution in [2.24, 2.45) is 0 Å². The average Bonchev–Trinajstić information content (AvgIpc) is 2.56. The second-order valence-electron chi connectivity index (χ2n) is 5.38. The fourth-order valence-electron chi connectivity index (χ4n) is 2.59. The van der Waals surface area contributed by atoms with Gasteiger partial charge in [-0.3, -0.25) is 4.79 Å². The molecule has 0 saturated carbocycles. The standard InChI is InChI=1S/C17H20O5/c1-2-6-15(18)21-13-9-10-19-14-11-20-17(22-16(13)14)12-7-4-3-5-8-12/h3-5,7-10,13-14,16-17H,2,6,11H2,1H3/t13-,14+,16-,17?/m0/s1. The van der Waals surface area contributed by atoms with Gasteiger partial charge >= 0.3 is 5.97 Å². The smallest absolute Gasteiger partial charge is 0.306 e. The van der Waals surface area contributed by atoms with Crippen molar-refractivity contribution in [2.75, 3.05) is 6.61 Å². The van der Waals surface area contributed by atoms with Gasteiger partial charge in [0.1, 0.15) is 6.10 Å². The predicted octanol–water partition coefficient (Wildman–Crippen LogP) is 2.73. The molecule has 3 rings (SSSR count). The van der Waals surface area contributed by atoms with Crippen LogP contribution >= 0.6 is 0 Å². The maximum absolute atomic E-state index is 11.8. The Balaban J connectivity index is 1.70. The van der Waals surface area contributed by atoms with Gasteiger partial charge in [-0.05, 0) is 12.5 Å². The maximum Gasteiger partial charge on any atom is 0.306 e. The van der Waals surface area contributed by atoms with Crippen molar-refractivity contribution in [3.05, 3.63) is 48.2 Å².